The average molecular weight is 265 g/mol. The Morgan fingerprint density at radius 1 is 1.42 bits per heavy atom. The second-order valence-corrected chi connectivity index (χ2v) is 4.11. The molecule has 0 saturated carbocycles. The molecule has 1 amide bonds. The van der Waals surface area contributed by atoms with E-state index >= 15 is 0 Å². The van der Waals surface area contributed by atoms with Gasteiger partial charge in [0.25, 0.3) is 0 Å². The maximum absolute atomic E-state index is 11.6. The molecule has 19 heavy (non-hydrogen) atoms. The fourth-order valence-electron chi connectivity index (χ4n) is 1.77. The highest BCUT2D eigenvalue weighted by Gasteiger charge is 2.27. The van der Waals surface area contributed by atoms with Crippen LogP contribution >= 0.6 is 0 Å². The van der Waals surface area contributed by atoms with E-state index in [0.717, 1.165) is 5.56 Å². The predicted molar refractivity (Wildman–Crippen MR) is 70.4 cm³/mol. The number of hydrogen-bond donors (Lipinski definition) is 2. The van der Waals surface area contributed by atoms with E-state index in [1.54, 1.807) is 6.92 Å². The van der Waals surface area contributed by atoms with Gasteiger partial charge in [-0.1, -0.05) is 30.3 Å². The SMILES string of the molecule is CCOC(=O)C(NC=O)C(O)CCc1ccccc1. The third-order valence-corrected chi connectivity index (χ3v) is 2.74. The molecule has 0 aliphatic heterocycles. The van der Waals surface area contributed by atoms with Crippen LogP contribution in [-0.2, 0) is 20.7 Å². The molecule has 2 unspecified atom stereocenters. The van der Waals surface area contributed by atoms with E-state index in [1.165, 1.54) is 0 Å². The zero-order valence-corrected chi connectivity index (χ0v) is 10.9. The molecule has 0 spiro atoms. The van der Waals surface area contributed by atoms with Crippen LogP contribution in [0.1, 0.15) is 18.9 Å². The Kier molecular flexibility index (Phi) is 6.60. The van der Waals surface area contributed by atoms with Crippen molar-refractivity contribution in [3.63, 3.8) is 0 Å². The number of carbonyl (C=O) groups is 2. The molecule has 0 saturated heterocycles. The van der Waals surface area contributed by atoms with Gasteiger partial charge < -0.3 is 15.2 Å². The molecule has 1 aromatic rings. The number of aliphatic hydroxyl groups excluding tert-OH is 1. The van der Waals surface area contributed by atoms with Gasteiger partial charge in [-0.15, -0.1) is 0 Å². The van der Waals surface area contributed by atoms with Crippen molar-refractivity contribution >= 4 is 12.4 Å². The van der Waals surface area contributed by atoms with Gasteiger partial charge in [0.2, 0.25) is 6.41 Å². The van der Waals surface area contributed by atoms with Crippen molar-refractivity contribution in [2.24, 2.45) is 0 Å². The molecule has 5 heteroatoms. The van der Waals surface area contributed by atoms with Crippen LogP contribution in [0.15, 0.2) is 30.3 Å². The van der Waals surface area contributed by atoms with Gasteiger partial charge in [0.1, 0.15) is 0 Å². The highest BCUT2D eigenvalue weighted by molar-refractivity contribution is 5.78. The van der Waals surface area contributed by atoms with Crippen LogP contribution in [0.25, 0.3) is 0 Å². The van der Waals surface area contributed by atoms with Gasteiger partial charge in [-0.05, 0) is 25.3 Å². The quantitative estimate of drug-likeness (QED) is 0.535. The third-order valence-electron chi connectivity index (χ3n) is 2.74. The molecule has 0 aliphatic carbocycles. The number of amides is 1. The van der Waals surface area contributed by atoms with Crippen molar-refractivity contribution in [3.8, 4) is 0 Å². The smallest absolute Gasteiger partial charge is 0.331 e. The van der Waals surface area contributed by atoms with E-state index in [4.69, 9.17) is 4.74 Å². The zero-order valence-electron chi connectivity index (χ0n) is 10.9. The van der Waals surface area contributed by atoms with Crippen LogP contribution < -0.4 is 5.32 Å². The lowest BCUT2D eigenvalue weighted by atomic mass is 10.0. The van der Waals surface area contributed by atoms with Gasteiger partial charge in [-0.3, -0.25) is 4.79 Å². The highest BCUT2D eigenvalue weighted by atomic mass is 16.5. The van der Waals surface area contributed by atoms with Gasteiger partial charge in [-0.2, -0.15) is 0 Å². The van der Waals surface area contributed by atoms with E-state index in [1.807, 2.05) is 30.3 Å². The molecular weight excluding hydrogens is 246 g/mol. The van der Waals surface area contributed by atoms with Crippen molar-refractivity contribution in [2.45, 2.75) is 31.9 Å². The summed E-state index contributed by atoms with van der Waals surface area (Å²) in [7, 11) is 0. The van der Waals surface area contributed by atoms with Crippen molar-refractivity contribution in [3.05, 3.63) is 35.9 Å². The first-order valence-corrected chi connectivity index (χ1v) is 6.27. The van der Waals surface area contributed by atoms with Gasteiger partial charge in [0.05, 0.1) is 12.7 Å². The predicted octanol–water partition coefficient (Wildman–Crippen LogP) is 0.658. The van der Waals surface area contributed by atoms with E-state index in [9.17, 15) is 14.7 Å². The Bertz CT molecular complexity index is 394. The van der Waals surface area contributed by atoms with Gasteiger partial charge >= 0.3 is 5.97 Å². The minimum absolute atomic E-state index is 0.210. The molecule has 0 fully saturated rings. The number of ether oxygens (including phenoxy) is 1. The molecule has 0 heterocycles. The summed E-state index contributed by atoms with van der Waals surface area (Å²) >= 11 is 0. The van der Waals surface area contributed by atoms with Gasteiger partial charge in [0.15, 0.2) is 6.04 Å². The molecule has 2 atom stereocenters. The number of rotatable bonds is 8. The zero-order chi connectivity index (χ0) is 14.1. The summed E-state index contributed by atoms with van der Waals surface area (Å²) in [5, 5.41) is 12.3. The van der Waals surface area contributed by atoms with E-state index in [0.29, 0.717) is 19.3 Å². The fraction of sp³-hybridized carbons (Fsp3) is 0.429. The molecule has 0 bridgehead atoms. The largest absolute Gasteiger partial charge is 0.464 e. The summed E-state index contributed by atoms with van der Waals surface area (Å²) in [6.07, 6.45) is 0.421. The molecular formula is C14H19NO4. The molecule has 5 nitrogen and oxygen atoms in total. The van der Waals surface area contributed by atoms with E-state index < -0.39 is 18.1 Å². The summed E-state index contributed by atoms with van der Waals surface area (Å²) in [4.78, 5) is 22.1. The first-order chi connectivity index (χ1) is 9.19. The van der Waals surface area contributed by atoms with Crippen molar-refractivity contribution in [2.75, 3.05) is 6.61 Å². The van der Waals surface area contributed by atoms with E-state index in [-0.39, 0.29) is 6.61 Å². The summed E-state index contributed by atoms with van der Waals surface area (Å²) in [6, 6.07) is 8.61. The fourth-order valence-corrected chi connectivity index (χ4v) is 1.77. The lowest BCUT2D eigenvalue weighted by Crippen LogP contribution is -2.46. The maximum Gasteiger partial charge on any atom is 0.331 e. The molecule has 0 aromatic heterocycles. The van der Waals surface area contributed by atoms with Gasteiger partial charge in [-0.25, -0.2) is 4.79 Å². The lowest BCUT2D eigenvalue weighted by molar-refractivity contribution is -0.149. The van der Waals surface area contributed by atoms with Crippen LogP contribution in [0.2, 0.25) is 0 Å². The first kappa shape index (κ1) is 15.2. The Labute approximate surface area is 112 Å². The number of aryl methyl sites for hydroxylation is 1. The molecule has 1 aromatic carbocycles. The maximum atomic E-state index is 11.6. The Morgan fingerprint density at radius 3 is 2.68 bits per heavy atom. The normalized spacial score (nSPS) is 13.4. The van der Waals surface area contributed by atoms with Crippen LogP contribution in [0.4, 0.5) is 0 Å². The highest BCUT2D eigenvalue weighted by Crippen LogP contribution is 2.08. The van der Waals surface area contributed by atoms with Crippen LogP contribution in [0.5, 0.6) is 0 Å². The summed E-state index contributed by atoms with van der Waals surface area (Å²) in [6.45, 7) is 1.88. The number of carbonyl (C=O) groups excluding carboxylic acids is 2. The van der Waals surface area contributed by atoms with Crippen LogP contribution in [0.3, 0.4) is 0 Å². The number of benzene rings is 1. The summed E-state index contributed by atoms with van der Waals surface area (Å²) in [5.41, 5.74) is 1.07. The topological polar surface area (TPSA) is 75.6 Å². The van der Waals surface area contributed by atoms with Crippen molar-refractivity contribution in [1.82, 2.24) is 5.32 Å². The van der Waals surface area contributed by atoms with Crippen LogP contribution in [-0.4, -0.2) is 36.2 Å². The minimum atomic E-state index is -1.01. The molecule has 104 valence electrons. The molecule has 1 rings (SSSR count). The third kappa shape index (κ3) is 5.09. The lowest BCUT2D eigenvalue weighted by Gasteiger charge is -2.20. The number of esters is 1. The molecule has 0 radical (unpaired) electrons. The standard InChI is InChI=1S/C14H19NO4/c1-2-19-14(18)13(15-10-16)12(17)9-8-11-6-4-3-5-7-11/h3-7,10,12-13,17H,2,8-9H2,1H3,(H,15,16). The van der Waals surface area contributed by atoms with Crippen LogP contribution in [0, 0.1) is 0 Å². The Morgan fingerprint density at radius 2 is 2.11 bits per heavy atom. The van der Waals surface area contributed by atoms with Crippen molar-refractivity contribution in [1.29, 1.82) is 0 Å². The van der Waals surface area contributed by atoms with E-state index in [2.05, 4.69) is 5.32 Å². The second-order valence-electron chi connectivity index (χ2n) is 4.11. The summed E-state index contributed by atoms with van der Waals surface area (Å²) < 4.78 is 4.81. The first-order valence-electron chi connectivity index (χ1n) is 6.27. The monoisotopic (exact) mass is 265 g/mol. The molecule has 2 N–H and O–H groups in total. The minimum Gasteiger partial charge on any atom is -0.464 e. The number of hydrogen-bond acceptors (Lipinski definition) is 4. The second kappa shape index (κ2) is 8.26. The Hall–Kier alpha value is -1.88. The number of aliphatic hydroxyl groups is 1. The molecule has 0 aliphatic rings. The van der Waals surface area contributed by atoms with Crippen molar-refractivity contribution < 1.29 is 19.4 Å². The Balaban J connectivity index is 2.54. The summed E-state index contributed by atoms with van der Waals surface area (Å²) in [5.74, 6) is -0.616. The number of nitrogens with one attached hydrogen (secondary N) is 1. The van der Waals surface area contributed by atoms with Gasteiger partial charge in [0, 0.05) is 0 Å². The average Bonchev–Trinajstić information content (AvgIpc) is 2.43.